The molecule has 29 heavy (non-hydrogen) atoms. The highest BCUT2D eigenvalue weighted by atomic mass is 79.9. The zero-order chi connectivity index (χ0) is 21.2. The molecule has 0 radical (unpaired) electrons. The SMILES string of the molecule is CCCCCCCCCCCCOC(=O)CCCC(=O)OCc1ccccc1Br. The summed E-state index contributed by atoms with van der Waals surface area (Å²) in [4.78, 5) is 23.5. The number of hydrogen-bond acceptors (Lipinski definition) is 4. The Kier molecular flexibility index (Phi) is 15.5. The van der Waals surface area contributed by atoms with E-state index in [-0.39, 0.29) is 31.4 Å². The van der Waals surface area contributed by atoms with Crippen molar-refractivity contribution < 1.29 is 19.1 Å². The number of unbranched alkanes of at least 4 members (excludes halogenated alkanes) is 9. The summed E-state index contributed by atoms with van der Waals surface area (Å²) in [5, 5.41) is 0. The van der Waals surface area contributed by atoms with Crippen LogP contribution in [0.3, 0.4) is 0 Å². The van der Waals surface area contributed by atoms with Crippen LogP contribution < -0.4 is 0 Å². The first-order valence-corrected chi connectivity index (χ1v) is 12.0. The molecule has 0 aliphatic heterocycles. The van der Waals surface area contributed by atoms with E-state index < -0.39 is 0 Å². The van der Waals surface area contributed by atoms with Crippen LogP contribution in [0.15, 0.2) is 28.7 Å². The van der Waals surface area contributed by atoms with Crippen LogP contribution in [0.5, 0.6) is 0 Å². The van der Waals surface area contributed by atoms with Crippen molar-refractivity contribution in [3.63, 3.8) is 0 Å². The lowest BCUT2D eigenvalue weighted by Gasteiger charge is -2.07. The van der Waals surface area contributed by atoms with Crippen LogP contribution in [0, 0.1) is 0 Å². The quantitative estimate of drug-likeness (QED) is 0.180. The Hall–Kier alpha value is -1.36. The molecule has 0 heterocycles. The van der Waals surface area contributed by atoms with Gasteiger partial charge in [-0.15, -0.1) is 0 Å². The average Bonchev–Trinajstić information content (AvgIpc) is 2.71. The summed E-state index contributed by atoms with van der Waals surface area (Å²) < 4.78 is 11.4. The monoisotopic (exact) mass is 468 g/mol. The third kappa shape index (κ3) is 14.3. The Morgan fingerprint density at radius 2 is 1.31 bits per heavy atom. The molecule has 0 fully saturated rings. The van der Waals surface area contributed by atoms with Crippen LogP contribution in [-0.4, -0.2) is 18.5 Å². The van der Waals surface area contributed by atoms with E-state index >= 15 is 0 Å². The van der Waals surface area contributed by atoms with Crippen molar-refractivity contribution in [2.75, 3.05) is 6.61 Å². The summed E-state index contributed by atoms with van der Waals surface area (Å²) in [5.41, 5.74) is 0.928. The lowest BCUT2D eigenvalue weighted by Crippen LogP contribution is -2.09. The van der Waals surface area contributed by atoms with Gasteiger partial charge < -0.3 is 9.47 Å². The van der Waals surface area contributed by atoms with E-state index in [0.29, 0.717) is 13.0 Å². The van der Waals surface area contributed by atoms with Gasteiger partial charge in [-0.2, -0.15) is 0 Å². The number of rotatable bonds is 17. The molecule has 1 rings (SSSR count). The summed E-state index contributed by atoms with van der Waals surface area (Å²) in [7, 11) is 0. The smallest absolute Gasteiger partial charge is 0.306 e. The molecule has 0 aliphatic rings. The van der Waals surface area contributed by atoms with E-state index in [0.717, 1.165) is 22.9 Å². The molecule has 0 saturated carbocycles. The molecular weight excluding hydrogens is 432 g/mol. The van der Waals surface area contributed by atoms with Crippen LogP contribution in [-0.2, 0) is 25.7 Å². The van der Waals surface area contributed by atoms with Crippen molar-refractivity contribution in [3.8, 4) is 0 Å². The highest BCUT2D eigenvalue weighted by Gasteiger charge is 2.08. The number of ether oxygens (including phenoxy) is 2. The molecule has 1 aromatic rings. The van der Waals surface area contributed by atoms with Crippen LogP contribution in [0.1, 0.15) is 96.0 Å². The summed E-state index contributed by atoms with van der Waals surface area (Å²) >= 11 is 3.42. The van der Waals surface area contributed by atoms with Gasteiger partial charge in [0.1, 0.15) is 6.61 Å². The minimum absolute atomic E-state index is 0.223. The maximum Gasteiger partial charge on any atom is 0.306 e. The molecule has 1 aromatic carbocycles. The lowest BCUT2D eigenvalue weighted by atomic mass is 10.1. The van der Waals surface area contributed by atoms with Gasteiger partial charge in [0.2, 0.25) is 0 Å². The molecule has 0 aliphatic carbocycles. The molecule has 0 unspecified atom stereocenters. The largest absolute Gasteiger partial charge is 0.466 e. The summed E-state index contributed by atoms with van der Waals surface area (Å²) in [6.45, 7) is 2.97. The number of halogens is 1. The summed E-state index contributed by atoms with van der Waals surface area (Å²) in [5.74, 6) is -0.511. The fourth-order valence-corrected chi connectivity index (χ4v) is 3.47. The molecule has 0 atom stereocenters. The van der Waals surface area contributed by atoms with Crippen molar-refractivity contribution in [2.24, 2.45) is 0 Å². The Morgan fingerprint density at radius 1 is 0.759 bits per heavy atom. The Balaban J connectivity index is 1.91. The van der Waals surface area contributed by atoms with E-state index in [4.69, 9.17) is 9.47 Å². The predicted octanol–water partition coefficient (Wildman–Crippen LogP) is 7.13. The second-order valence-corrected chi connectivity index (χ2v) is 8.36. The molecule has 5 heteroatoms. The normalized spacial score (nSPS) is 10.7. The van der Waals surface area contributed by atoms with Crippen molar-refractivity contribution >= 4 is 27.9 Å². The third-order valence-electron chi connectivity index (χ3n) is 4.87. The molecule has 0 bridgehead atoms. The number of esters is 2. The van der Waals surface area contributed by atoms with Crippen LogP contribution in [0.4, 0.5) is 0 Å². The van der Waals surface area contributed by atoms with Gasteiger partial charge in [-0.25, -0.2) is 0 Å². The topological polar surface area (TPSA) is 52.6 Å². The molecular formula is C24H37BrO4. The van der Waals surface area contributed by atoms with Crippen molar-refractivity contribution in [1.82, 2.24) is 0 Å². The van der Waals surface area contributed by atoms with Crippen molar-refractivity contribution in [1.29, 1.82) is 0 Å². The highest BCUT2D eigenvalue weighted by Crippen LogP contribution is 2.17. The lowest BCUT2D eigenvalue weighted by molar-refractivity contribution is -0.146. The van der Waals surface area contributed by atoms with Gasteiger partial charge in [0.15, 0.2) is 0 Å². The second kappa shape index (κ2) is 17.5. The standard InChI is InChI=1S/C24H37BrO4/c1-2-3-4-5-6-7-8-9-10-13-19-28-23(26)17-14-18-24(27)29-20-21-15-11-12-16-22(21)25/h11-12,15-16H,2-10,13-14,17-20H2,1H3. The van der Waals surface area contributed by atoms with Gasteiger partial charge in [-0.05, 0) is 18.9 Å². The number of benzene rings is 1. The maximum absolute atomic E-state index is 11.8. The van der Waals surface area contributed by atoms with Gasteiger partial charge in [0, 0.05) is 22.9 Å². The van der Waals surface area contributed by atoms with E-state index in [2.05, 4.69) is 22.9 Å². The van der Waals surface area contributed by atoms with E-state index in [1.807, 2.05) is 24.3 Å². The molecule has 4 nitrogen and oxygen atoms in total. The van der Waals surface area contributed by atoms with Crippen LogP contribution in [0.25, 0.3) is 0 Å². The van der Waals surface area contributed by atoms with E-state index in [1.54, 1.807) is 0 Å². The zero-order valence-corrected chi connectivity index (χ0v) is 19.5. The molecule has 164 valence electrons. The van der Waals surface area contributed by atoms with Crippen molar-refractivity contribution in [2.45, 2.75) is 97.0 Å². The van der Waals surface area contributed by atoms with Crippen molar-refractivity contribution in [3.05, 3.63) is 34.3 Å². The van der Waals surface area contributed by atoms with Gasteiger partial charge >= 0.3 is 11.9 Å². The van der Waals surface area contributed by atoms with Crippen LogP contribution >= 0.6 is 15.9 Å². The van der Waals surface area contributed by atoms with Gasteiger partial charge in [-0.3, -0.25) is 9.59 Å². The minimum Gasteiger partial charge on any atom is -0.466 e. The average molecular weight is 469 g/mol. The highest BCUT2D eigenvalue weighted by molar-refractivity contribution is 9.10. The molecule has 0 amide bonds. The summed E-state index contributed by atoms with van der Waals surface area (Å²) in [6.07, 6.45) is 13.6. The number of carbonyl (C=O) groups excluding carboxylic acids is 2. The second-order valence-electron chi connectivity index (χ2n) is 7.51. The molecule has 0 saturated heterocycles. The first-order chi connectivity index (χ1) is 14.1. The van der Waals surface area contributed by atoms with Gasteiger partial charge in [0.05, 0.1) is 6.61 Å². The number of carbonyl (C=O) groups is 2. The maximum atomic E-state index is 11.8. The fraction of sp³-hybridized carbons (Fsp3) is 0.667. The Labute approximate surface area is 184 Å². The Bertz CT molecular complexity index is 574. The Morgan fingerprint density at radius 3 is 1.93 bits per heavy atom. The number of hydrogen-bond donors (Lipinski definition) is 0. The zero-order valence-electron chi connectivity index (χ0n) is 17.9. The molecule has 0 N–H and O–H groups in total. The minimum atomic E-state index is -0.289. The third-order valence-corrected chi connectivity index (χ3v) is 5.64. The fourth-order valence-electron chi connectivity index (χ4n) is 3.07. The molecule has 0 aromatic heterocycles. The summed E-state index contributed by atoms with van der Waals surface area (Å²) in [6, 6.07) is 7.63. The van der Waals surface area contributed by atoms with Gasteiger partial charge in [0.25, 0.3) is 0 Å². The molecule has 0 spiro atoms. The van der Waals surface area contributed by atoms with E-state index in [9.17, 15) is 9.59 Å². The van der Waals surface area contributed by atoms with E-state index in [1.165, 1.54) is 51.4 Å². The van der Waals surface area contributed by atoms with Crippen LogP contribution in [0.2, 0.25) is 0 Å². The first-order valence-electron chi connectivity index (χ1n) is 11.2. The first kappa shape index (κ1) is 25.7. The van der Waals surface area contributed by atoms with Gasteiger partial charge in [-0.1, -0.05) is 98.8 Å². The predicted molar refractivity (Wildman–Crippen MR) is 121 cm³/mol.